The molecule has 7 heteroatoms. The summed E-state index contributed by atoms with van der Waals surface area (Å²) in [6, 6.07) is 3.13. The Morgan fingerprint density at radius 2 is 1.90 bits per heavy atom. The van der Waals surface area contributed by atoms with E-state index in [1.807, 2.05) is 13.8 Å². The number of nitrogens with two attached hydrogens (primary N) is 1. The van der Waals surface area contributed by atoms with Crippen molar-refractivity contribution in [3.63, 3.8) is 0 Å². The van der Waals surface area contributed by atoms with E-state index >= 15 is 0 Å². The standard InChI is InChI=1S/C14H22N2O4S/c1-9(2)11-7-13(21(15,18)19)10(3)6-12(11)20-8-14(17)16(4)5/h6-7,9H,8H2,1-5H3,(H2,15,18,19). The first kappa shape index (κ1) is 17.5. The Hall–Kier alpha value is -1.60. The first-order valence-electron chi connectivity index (χ1n) is 6.54. The number of hydrogen-bond acceptors (Lipinski definition) is 4. The Morgan fingerprint density at radius 3 is 2.33 bits per heavy atom. The third kappa shape index (κ3) is 4.44. The molecule has 118 valence electrons. The fourth-order valence-corrected chi connectivity index (χ4v) is 2.63. The first-order valence-corrected chi connectivity index (χ1v) is 8.09. The fraction of sp³-hybridized carbons (Fsp3) is 0.500. The lowest BCUT2D eigenvalue weighted by Gasteiger charge is -2.18. The average molecular weight is 314 g/mol. The van der Waals surface area contributed by atoms with Gasteiger partial charge in [-0.05, 0) is 36.1 Å². The van der Waals surface area contributed by atoms with E-state index < -0.39 is 10.0 Å². The van der Waals surface area contributed by atoms with Crippen molar-refractivity contribution in [2.75, 3.05) is 20.7 Å². The van der Waals surface area contributed by atoms with Crippen LogP contribution in [0.15, 0.2) is 17.0 Å². The third-order valence-corrected chi connectivity index (χ3v) is 4.14. The zero-order valence-electron chi connectivity index (χ0n) is 13.0. The average Bonchev–Trinajstić information content (AvgIpc) is 2.33. The van der Waals surface area contributed by atoms with Crippen LogP contribution in [0.1, 0.15) is 30.9 Å². The number of aryl methyl sites for hydroxylation is 1. The Bertz CT molecular complexity index is 637. The molecule has 1 aromatic carbocycles. The molecule has 0 saturated heterocycles. The summed E-state index contributed by atoms with van der Waals surface area (Å²) in [7, 11) is -0.495. The maximum Gasteiger partial charge on any atom is 0.259 e. The molecule has 0 atom stereocenters. The minimum absolute atomic E-state index is 0.0376. The number of rotatable bonds is 5. The van der Waals surface area contributed by atoms with Crippen LogP contribution in [0, 0.1) is 6.92 Å². The monoisotopic (exact) mass is 314 g/mol. The molecule has 0 fully saturated rings. The predicted octanol–water partition coefficient (Wildman–Crippen LogP) is 1.23. The van der Waals surface area contributed by atoms with Crippen molar-refractivity contribution in [2.45, 2.75) is 31.6 Å². The van der Waals surface area contributed by atoms with E-state index in [4.69, 9.17) is 9.88 Å². The number of carbonyl (C=O) groups excluding carboxylic acids is 1. The smallest absolute Gasteiger partial charge is 0.259 e. The van der Waals surface area contributed by atoms with Gasteiger partial charge in [0, 0.05) is 14.1 Å². The molecule has 0 aliphatic carbocycles. The van der Waals surface area contributed by atoms with E-state index in [1.165, 1.54) is 11.0 Å². The number of nitrogens with zero attached hydrogens (tertiary/aromatic N) is 1. The van der Waals surface area contributed by atoms with E-state index in [0.29, 0.717) is 16.9 Å². The third-order valence-electron chi connectivity index (χ3n) is 3.09. The summed E-state index contributed by atoms with van der Waals surface area (Å²) in [5.74, 6) is 0.374. The number of benzene rings is 1. The summed E-state index contributed by atoms with van der Waals surface area (Å²) in [5, 5.41) is 5.21. The van der Waals surface area contributed by atoms with Crippen LogP contribution in [0.5, 0.6) is 5.75 Å². The Balaban J connectivity index is 3.21. The van der Waals surface area contributed by atoms with Crippen molar-refractivity contribution < 1.29 is 17.9 Å². The van der Waals surface area contributed by atoms with Gasteiger partial charge < -0.3 is 9.64 Å². The second-order valence-electron chi connectivity index (χ2n) is 5.43. The number of sulfonamides is 1. The Kier molecular flexibility index (Phi) is 5.36. The SMILES string of the molecule is Cc1cc(OCC(=O)N(C)C)c(C(C)C)cc1S(N)(=O)=O. The maximum atomic E-state index is 11.6. The fourth-order valence-electron chi connectivity index (χ4n) is 1.83. The lowest BCUT2D eigenvalue weighted by Crippen LogP contribution is -2.27. The van der Waals surface area contributed by atoms with Gasteiger partial charge in [-0.1, -0.05) is 13.8 Å². The van der Waals surface area contributed by atoms with Crippen molar-refractivity contribution in [1.29, 1.82) is 0 Å². The molecule has 0 saturated carbocycles. The minimum atomic E-state index is -3.78. The number of likely N-dealkylation sites (N-methyl/N-ethyl adjacent to an activating group) is 1. The van der Waals surface area contributed by atoms with Gasteiger partial charge in [0.15, 0.2) is 6.61 Å². The van der Waals surface area contributed by atoms with E-state index in [9.17, 15) is 13.2 Å². The first-order chi connectivity index (χ1) is 9.54. The van der Waals surface area contributed by atoms with Gasteiger partial charge in [0.2, 0.25) is 10.0 Å². The molecule has 0 bridgehead atoms. The molecule has 1 aromatic rings. The summed E-state index contributed by atoms with van der Waals surface area (Å²) >= 11 is 0. The number of carbonyl (C=O) groups is 1. The molecule has 0 aromatic heterocycles. The van der Waals surface area contributed by atoms with Crippen LogP contribution in [0.4, 0.5) is 0 Å². The zero-order chi connectivity index (χ0) is 16.4. The van der Waals surface area contributed by atoms with Gasteiger partial charge in [-0.25, -0.2) is 13.6 Å². The molecule has 21 heavy (non-hydrogen) atoms. The molecule has 0 unspecified atom stereocenters. The van der Waals surface area contributed by atoms with Gasteiger partial charge in [-0.3, -0.25) is 4.79 Å². The van der Waals surface area contributed by atoms with E-state index in [2.05, 4.69) is 0 Å². The summed E-state index contributed by atoms with van der Waals surface area (Å²) in [5.41, 5.74) is 1.20. The van der Waals surface area contributed by atoms with Gasteiger partial charge in [-0.15, -0.1) is 0 Å². The normalized spacial score (nSPS) is 11.6. The highest BCUT2D eigenvalue weighted by molar-refractivity contribution is 7.89. The lowest BCUT2D eigenvalue weighted by atomic mass is 10.0. The Morgan fingerprint density at radius 1 is 1.33 bits per heavy atom. The summed E-state index contributed by atoms with van der Waals surface area (Å²) in [6.45, 7) is 5.38. The molecule has 0 radical (unpaired) electrons. The molecule has 0 spiro atoms. The number of hydrogen-bond donors (Lipinski definition) is 1. The van der Waals surface area contributed by atoms with E-state index in [1.54, 1.807) is 27.1 Å². The van der Waals surface area contributed by atoms with Gasteiger partial charge in [0.1, 0.15) is 5.75 Å². The second-order valence-corrected chi connectivity index (χ2v) is 6.96. The molecule has 0 heterocycles. The number of ether oxygens (including phenoxy) is 1. The summed E-state index contributed by atoms with van der Waals surface area (Å²) in [4.78, 5) is 13.1. The van der Waals surface area contributed by atoms with Crippen molar-refractivity contribution in [1.82, 2.24) is 4.90 Å². The highest BCUT2D eigenvalue weighted by Gasteiger charge is 2.18. The lowest BCUT2D eigenvalue weighted by molar-refractivity contribution is -0.130. The molecule has 1 amide bonds. The number of amides is 1. The van der Waals surface area contributed by atoms with Crippen LogP contribution in [0.2, 0.25) is 0 Å². The minimum Gasteiger partial charge on any atom is -0.483 e. The van der Waals surface area contributed by atoms with Crippen LogP contribution in [0.25, 0.3) is 0 Å². The van der Waals surface area contributed by atoms with Crippen LogP contribution in [0.3, 0.4) is 0 Å². The van der Waals surface area contributed by atoms with Crippen LogP contribution in [-0.2, 0) is 14.8 Å². The van der Waals surface area contributed by atoms with Gasteiger partial charge in [0.05, 0.1) is 4.90 Å². The zero-order valence-corrected chi connectivity index (χ0v) is 13.8. The van der Waals surface area contributed by atoms with E-state index in [-0.39, 0.29) is 23.3 Å². The van der Waals surface area contributed by atoms with Gasteiger partial charge in [-0.2, -0.15) is 0 Å². The molecule has 0 aliphatic rings. The van der Waals surface area contributed by atoms with Crippen molar-refractivity contribution >= 4 is 15.9 Å². The molecule has 2 N–H and O–H groups in total. The van der Waals surface area contributed by atoms with Crippen LogP contribution >= 0.6 is 0 Å². The largest absolute Gasteiger partial charge is 0.483 e. The van der Waals surface area contributed by atoms with Gasteiger partial charge in [0.25, 0.3) is 5.91 Å². The highest BCUT2D eigenvalue weighted by atomic mass is 32.2. The predicted molar refractivity (Wildman–Crippen MR) is 80.8 cm³/mol. The van der Waals surface area contributed by atoms with Crippen LogP contribution in [-0.4, -0.2) is 39.9 Å². The van der Waals surface area contributed by atoms with Gasteiger partial charge >= 0.3 is 0 Å². The summed E-state index contributed by atoms with van der Waals surface area (Å²) in [6.07, 6.45) is 0. The maximum absolute atomic E-state index is 11.6. The van der Waals surface area contributed by atoms with Crippen molar-refractivity contribution in [2.24, 2.45) is 5.14 Å². The molecule has 6 nitrogen and oxygen atoms in total. The molecular weight excluding hydrogens is 292 g/mol. The topological polar surface area (TPSA) is 89.7 Å². The molecular formula is C14H22N2O4S. The molecule has 0 aliphatic heterocycles. The number of primary sulfonamides is 1. The van der Waals surface area contributed by atoms with Crippen molar-refractivity contribution in [3.05, 3.63) is 23.3 Å². The van der Waals surface area contributed by atoms with E-state index in [0.717, 1.165) is 0 Å². The van der Waals surface area contributed by atoms with Crippen molar-refractivity contribution in [3.8, 4) is 5.75 Å². The highest BCUT2D eigenvalue weighted by Crippen LogP contribution is 2.31. The van der Waals surface area contributed by atoms with Crippen LogP contribution < -0.4 is 9.88 Å². The molecule has 1 rings (SSSR count). The quantitative estimate of drug-likeness (QED) is 0.885. The summed E-state index contributed by atoms with van der Waals surface area (Å²) < 4.78 is 28.7. The Labute approximate surface area is 125 Å². The second kappa shape index (κ2) is 6.44.